The molecule has 0 radical (unpaired) electrons. The van der Waals surface area contributed by atoms with Crippen LogP contribution in [0.15, 0.2) is 23.8 Å². The topological polar surface area (TPSA) is 72.8 Å². The van der Waals surface area contributed by atoms with E-state index in [-0.39, 0.29) is 41.9 Å². The van der Waals surface area contributed by atoms with Gasteiger partial charge in [-0.25, -0.2) is 0 Å². The van der Waals surface area contributed by atoms with Crippen LogP contribution in [0.4, 0.5) is 0 Å². The van der Waals surface area contributed by atoms with E-state index in [1.165, 1.54) is 5.57 Å². The molecule has 0 aromatic carbocycles. The van der Waals surface area contributed by atoms with Gasteiger partial charge in [0.25, 0.3) is 0 Å². The lowest BCUT2D eigenvalue weighted by Gasteiger charge is -2.46. The molecule has 174 valence electrons. The van der Waals surface area contributed by atoms with Crippen LogP contribution in [0.3, 0.4) is 0 Å². The molecule has 0 unspecified atom stereocenters. The second-order valence-electron chi connectivity index (χ2n) is 11.2. The Morgan fingerprint density at radius 1 is 1.32 bits per heavy atom. The Morgan fingerprint density at radius 3 is 2.68 bits per heavy atom. The summed E-state index contributed by atoms with van der Waals surface area (Å²) < 4.78 is 11.7. The van der Waals surface area contributed by atoms with Gasteiger partial charge in [-0.15, -0.1) is 0 Å². The van der Waals surface area contributed by atoms with Gasteiger partial charge in [-0.3, -0.25) is 9.59 Å². The van der Waals surface area contributed by atoms with Crippen LogP contribution in [0.1, 0.15) is 80.1 Å². The minimum atomic E-state index is -0.606. The third-order valence-electron chi connectivity index (χ3n) is 7.55. The Hall–Kier alpha value is -1.62. The molecule has 1 N–H and O–H groups in total. The predicted molar refractivity (Wildman–Crippen MR) is 120 cm³/mol. The minimum Gasteiger partial charge on any atom is -0.462 e. The second-order valence-corrected chi connectivity index (χ2v) is 11.2. The van der Waals surface area contributed by atoms with Crippen molar-refractivity contribution in [3.63, 3.8) is 0 Å². The Balaban J connectivity index is 1.81. The highest BCUT2D eigenvalue weighted by atomic mass is 16.6. The molecular weight excluding hydrogens is 392 g/mol. The number of carbonyl (C=O) groups excluding carboxylic acids is 2. The van der Waals surface area contributed by atoms with Crippen LogP contribution in [0, 0.1) is 28.6 Å². The van der Waals surface area contributed by atoms with Gasteiger partial charge in [0.05, 0.1) is 17.9 Å². The van der Waals surface area contributed by atoms with Crippen molar-refractivity contribution in [1.82, 2.24) is 0 Å². The average Bonchev–Trinajstić information content (AvgIpc) is 2.66. The fourth-order valence-electron chi connectivity index (χ4n) is 5.30. The summed E-state index contributed by atoms with van der Waals surface area (Å²) in [7, 11) is 0. The first kappa shape index (κ1) is 24.0. The van der Waals surface area contributed by atoms with Crippen LogP contribution >= 0.6 is 0 Å². The summed E-state index contributed by atoms with van der Waals surface area (Å²) >= 11 is 0. The summed E-state index contributed by atoms with van der Waals surface area (Å²) in [6.07, 6.45) is 9.54. The number of ether oxygens (including phenoxy) is 2. The van der Waals surface area contributed by atoms with Gasteiger partial charge < -0.3 is 14.6 Å². The van der Waals surface area contributed by atoms with Gasteiger partial charge in [-0.2, -0.15) is 0 Å². The van der Waals surface area contributed by atoms with E-state index >= 15 is 0 Å². The zero-order chi connectivity index (χ0) is 23.0. The molecule has 1 saturated heterocycles. The van der Waals surface area contributed by atoms with Crippen molar-refractivity contribution in [2.24, 2.45) is 28.6 Å². The average molecular weight is 433 g/mol. The van der Waals surface area contributed by atoms with E-state index < -0.39 is 11.5 Å². The molecule has 3 rings (SSSR count). The van der Waals surface area contributed by atoms with E-state index in [0.717, 1.165) is 25.7 Å². The molecule has 0 amide bonds. The van der Waals surface area contributed by atoms with Crippen LogP contribution in [0.25, 0.3) is 0 Å². The van der Waals surface area contributed by atoms with Crippen LogP contribution < -0.4 is 0 Å². The first-order valence-electron chi connectivity index (χ1n) is 11.9. The smallest absolute Gasteiger partial charge is 0.311 e. The summed E-state index contributed by atoms with van der Waals surface area (Å²) in [6, 6.07) is 0. The lowest BCUT2D eigenvalue weighted by molar-refractivity contribution is -0.166. The molecule has 1 fully saturated rings. The Labute approximate surface area is 187 Å². The molecule has 3 aliphatic rings. The van der Waals surface area contributed by atoms with Crippen molar-refractivity contribution in [2.75, 3.05) is 0 Å². The summed E-state index contributed by atoms with van der Waals surface area (Å²) in [4.78, 5) is 24.7. The van der Waals surface area contributed by atoms with Crippen LogP contribution in [-0.4, -0.2) is 35.4 Å². The number of cyclic esters (lactones) is 1. The number of hydrogen-bond acceptors (Lipinski definition) is 5. The molecule has 0 saturated carbocycles. The van der Waals surface area contributed by atoms with Gasteiger partial charge in [0.2, 0.25) is 0 Å². The van der Waals surface area contributed by atoms with Crippen molar-refractivity contribution in [1.29, 1.82) is 0 Å². The predicted octanol–water partition coefficient (Wildman–Crippen LogP) is 4.98. The van der Waals surface area contributed by atoms with E-state index in [9.17, 15) is 14.7 Å². The maximum atomic E-state index is 13.0. The number of hydrogen-bond donors (Lipinski definition) is 1. The molecule has 0 aromatic rings. The number of carbonyl (C=O) groups is 2. The van der Waals surface area contributed by atoms with Crippen molar-refractivity contribution >= 4 is 11.9 Å². The van der Waals surface area contributed by atoms with Gasteiger partial charge in [-0.1, -0.05) is 45.9 Å². The molecule has 1 aliphatic heterocycles. The molecule has 6 atom stereocenters. The fraction of sp³-hybridized carbons (Fsp3) is 0.769. The number of aliphatic hydroxyl groups excluding tert-OH is 1. The highest BCUT2D eigenvalue weighted by Gasteiger charge is 2.45. The number of aliphatic hydroxyl groups is 1. The number of fused-ring (bicyclic) bond motifs is 1. The molecule has 0 bridgehead atoms. The molecule has 5 heteroatoms. The largest absolute Gasteiger partial charge is 0.462 e. The number of allylic oxidation sites excluding steroid dienone is 3. The zero-order valence-corrected chi connectivity index (χ0v) is 20.0. The van der Waals surface area contributed by atoms with Crippen LogP contribution in [-0.2, 0) is 19.1 Å². The Morgan fingerprint density at radius 2 is 2.03 bits per heavy atom. The quantitative estimate of drug-likeness (QED) is 0.600. The van der Waals surface area contributed by atoms with Gasteiger partial charge in [0.15, 0.2) is 0 Å². The van der Waals surface area contributed by atoms with Crippen LogP contribution in [0.5, 0.6) is 0 Å². The van der Waals surface area contributed by atoms with Crippen molar-refractivity contribution < 1.29 is 24.2 Å². The lowest BCUT2D eigenvalue weighted by atomic mass is 9.62. The Bertz CT molecular complexity index is 747. The third kappa shape index (κ3) is 5.60. The van der Waals surface area contributed by atoms with Crippen LogP contribution in [0.2, 0.25) is 0 Å². The van der Waals surface area contributed by atoms with Crippen molar-refractivity contribution in [3.8, 4) is 0 Å². The third-order valence-corrected chi connectivity index (χ3v) is 7.55. The van der Waals surface area contributed by atoms with Gasteiger partial charge in [0.1, 0.15) is 12.2 Å². The normalized spacial score (nSPS) is 35.1. The molecule has 5 nitrogen and oxygen atoms in total. The molecule has 1 heterocycles. The fourth-order valence-corrected chi connectivity index (χ4v) is 5.30. The molecule has 0 aromatic heterocycles. The van der Waals surface area contributed by atoms with Crippen molar-refractivity contribution in [3.05, 3.63) is 23.8 Å². The highest BCUT2D eigenvalue weighted by molar-refractivity contribution is 5.76. The van der Waals surface area contributed by atoms with E-state index in [0.29, 0.717) is 18.3 Å². The van der Waals surface area contributed by atoms with E-state index in [1.807, 2.05) is 20.8 Å². The summed E-state index contributed by atoms with van der Waals surface area (Å²) in [5.74, 6) is 0.353. The highest BCUT2D eigenvalue weighted by Crippen LogP contribution is 2.48. The molecule has 31 heavy (non-hydrogen) atoms. The molecule has 0 spiro atoms. The van der Waals surface area contributed by atoms with Gasteiger partial charge in [0, 0.05) is 12.3 Å². The maximum absolute atomic E-state index is 13.0. The molecule has 2 aliphatic carbocycles. The zero-order valence-electron chi connectivity index (χ0n) is 20.0. The monoisotopic (exact) mass is 432 g/mol. The van der Waals surface area contributed by atoms with E-state index in [2.05, 4.69) is 39.0 Å². The summed E-state index contributed by atoms with van der Waals surface area (Å²) in [6.45, 7) is 12.5. The summed E-state index contributed by atoms with van der Waals surface area (Å²) in [5.41, 5.74) is 0.724. The lowest BCUT2D eigenvalue weighted by Crippen LogP contribution is -2.45. The van der Waals surface area contributed by atoms with Gasteiger partial charge in [-0.05, 0) is 62.4 Å². The van der Waals surface area contributed by atoms with E-state index in [4.69, 9.17) is 9.47 Å². The summed E-state index contributed by atoms with van der Waals surface area (Å²) in [5, 5.41) is 9.95. The number of rotatable bonds is 6. The maximum Gasteiger partial charge on any atom is 0.311 e. The standard InChI is InChI=1S/C26H40O5/c1-7-26(5,6)24(29)31-21-15-25(3,4)14-17-9-8-16(2)20(23(17)21)11-10-19-12-18(27)13-22(28)30-19/h8-9,14,16,18-21,23,27H,7,10-13,15H2,1-6H3/t16-,18+,19+,20-,21-,23-/m0/s1. The first-order valence-corrected chi connectivity index (χ1v) is 11.9. The van der Waals surface area contributed by atoms with Crippen molar-refractivity contribution in [2.45, 2.75) is 98.4 Å². The first-order chi connectivity index (χ1) is 14.4. The Kier molecular flexibility index (Phi) is 7.05. The van der Waals surface area contributed by atoms with E-state index in [1.54, 1.807) is 0 Å². The second kappa shape index (κ2) is 9.09. The SMILES string of the molecule is CCC(C)(C)C(=O)O[C@H]1CC(C)(C)C=C2C=C[C@H](C)[C@H](CC[C@@H]3C[C@@H](O)CC(=O)O3)[C@H]21. The number of esters is 2. The molecular formula is C26H40O5. The minimum absolute atomic E-state index is 0.0361. The van der Waals surface area contributed by atoms with Gasteiger partial charge >= 0.3 is 11.9 Å².